The monoisotopic (exact) mass is 411 g/mol. The lowest BCUT2D eigenvalue weighted by Gasteiger charge is -2.16. The van der Waals surface area contributed by atoms with E-state index in [0.29, 0.717) is 35.7 Å². The highest BCUT2D eigenvalue weighted by Crippen LogP contribution is 2.33. The summed E-state index contributed by atoms with van der Waals surface area (Å²) in [4.78, 5) is 23.4. The van der Waals surface area contributed by atoms with Gasteiger partial charge in [-0.1, -0.05) is 6.42 Å². The van der Waals surface area contributed by atoms with Crippen molar-refractivity contribution >= 4 is 34.7 Å². The van der Waals surface area contributed by atoms with Crippen LogP contribution >= 0.6 is 11.8 Å². The quantitative estimate of drug-likeness (QED) is 0.416. The van der Waals surface area contributed by atoms with Crippen LogP contribution in [0.2, 0.25) is 0 Å². The zero-order valence-electron chi connectivity index (χ0n) is 15.6. The van der Waals surface area contributed by atoms with E-state index >= 15 is 0 Å². The number of anilines is 1. The molecule has 4 N–H and O–H groups in total. The van der Waals surface area contributed by atoms with Gasteiger partial charge in [0, 0.05) is 18.7 Å². The van der Waals surface area contributed by atoms with Gasteiger partial charge in [0.2, 0.25) is 0 Å². The zero-order chi connectivity index (χ0) is 20.1. The molecule has 1 fully saturated rings. The number of carboxylic acids is 1. The van der Waals surface area contributed by atoms with Crippen molar-refractivity contribution < 1.29 is 24.9 Å². The van der Waals surface area contributed by atoms with Crippen LogP contribution in [0.3, 0.4) is 0 Å². The van der Waals surface area contributed by atoms with Crippen molar-refractivity contribution in [3.63, 3.8) is 0 Å². The molecular formula is C17H25N5O5S. The first kappa shape index (κ1) is 20.8. The minimum atomic E-state index is -1.07. The van der Waals surface area contributed by atoms with Gasteiger partial charge in [-0.05, 0) is 19.1 Å². The summed E-state index contributed by atoms with van der Waals surface area (Å²) in [6.45, 7) is 0.635. The van der Waals surface area contributed by atoms with E-state index in [1.807, 2.05) is 6.26 Å². The third-order valence-corrected chi connectivity index (χ3v) is 5.32. The van der Waals surface area contributed by atoms with Crippen LogP contribution < -0.4 is 5.32 Å². The number of aliphatic hydroxyl groups excluding tert-OH is 2. The van der Waals surface area contributed by atoms with Crippen LogP contribution in [0.4, 0.5) is 5.82 Å². The molecule has 2 aromatic heterocycles. The minimum absolute atomic E-state index is 0.176. The summed E-state index contributed by atoms with van der Waals surface area (Å²) >= 11 is 1.54. The van der Waals surface area contributed by atoms with Gasteiger partial charge in [-0.3, -0.25) is 9.36 Å². The van der Waals surface area contributed by atoms with Gasteiger partial charge >= 0.3 is 5.97 Å². The SMILES string of the molecule is CSC[C@H]1O[C@@H](n2cnc3c(NCCCCCC(=O)O)ncnc32)[C@H](O)[C@@H]1O. The second-order valence-corrected chi connectivity index (χ2v) is 7.59. The molecule has 28 heavy (non-hydrogen) atoms. The summed E-state index contributed by atoms with van der Waals surface area (Å²) < 4.78 is 7.45. The molecular weight excluding hydrogens is 386 g/mol. The Labute approximate surface area is 166 Å². The number of nitrogens with one attached hydrogen (secondary N) is 1. The maximum atomic E-state index is 10.5. The number of unbranched alkanes of at least 4 members (excludes halogenated alkanes) is 2. The summed E-state index contributed by atoms with van der Waals surface area (Å²) in [6, 6.07) is 0. The predicted octanol–water partition coefficient (Wildman–Crippen LogP) is 0.865. The van der Waals surface area contributed by atoms with Crippen LogP contribution in [-0.4, -0.2) is 77.7 Å². The minimum Gasteiger partial charge on any atom is -0.481 e. The number of aromatic nitrogens is 4. The molecule has 0 radical (unpaired) electrons. The number of aliphatic carboxylic acids is 1. The Bertz CT molecular complexity index is 803. The molecule has 0 unspecified atom stereocenters. The van der Waals surface area contributed by atoms with Crippen molar-refractivity contribution in [1.82, 2.24) is 19.5 Å². The first-order chi connectivity index (χ1) is 13.5. The van der Waals surface area contributed by atoms with Crippen LogP contribution in [0.25, 0.3) is 11.2 Å². The molecule has 3 heterocycles. The molecule has 0 amide bonds. The zero-order valence-corrected chi connectivity index (χ0v) is 16.4. The van der Waals surface area contributed by atoms with Crippen LogP contribution in [0.5, 0.6) is 0 Å². The highest BCUT2D eigenvalue weighted by Gasteiger charge is 2.44. The third kappa shape index (κ3) is 4.54. The second kappa shape index (κ2) is 9.50. The number of imidazole rings is 1. The first-order valence-electron chi connectivity index (χ1n) is 9.16. The van der Waals surface area contributed by atoms with Gasteiger partial charge in [0.05, 0.1) is 12.4 Å². The number of carbonyl (C=O) groups is 1. The third-order valence-electron chi connectivity index (χ3n) is 4.66. The molecule has 3 rings (SSSR count). The number of hydrogen-bond acceptors (Lipinski definition) is 9. The fourth-order valence-electron chi connectivity index (χ4n) is 3.21. The van der Waals surface area contributed by atoms with Gasteiger partial charge in [-0.2, -0.15) is 11.8 Å². The lowest BCUT2D eigenvalue weighted by Crippen LogP contribution is -2.32. The van der Waals surface area contributed by atoms with Gasteiger partial charge < -0.3 is 25.4 Å². The molecule has 10 nitrogen and oxygen atoms in total. The number of carboxylic acid groups (broad SMARTS) is 1. The highest BCUT2D eigenvalue weighted by molar-refractivity contribution is 7.98. The van der Waals surface area contributed by atoms with Crippen molar-refractivity contribution in [3.8, 4) is 0 Å². The number of fused-ring (bicyclic) bond motifs is 1. The number of ether oxygens (including phenoxy) is 1. The van der Waals surface area contributed by atoms with Crippen LogP contribution in [0.15, 0.2) is 12.7 Å². The standard InChI is InChI=1S/C17H25N5O5S/c1-28-7-10-13(25)14(26)17(27-10)22-9-21-12-15(19-8-20-16(12)22)18-6-4-2-3-5-11(23)24/h8-10,13-14,17,25-26H,2-7H2,1H3,(H,23,24)(H,18,19,20)/t10-,13-,14-,17-/m1/s1. The topological polar surface area (TPSA) is 143 Å². The Kier molecular flexibility index (Phi) is 7.05. The number of aliphatic hydroxyl groups is 2. The average Bonchev–Trinajstić information content (AvgIpc) is 3.21. The Morgan fingerprint density at radius 1 is 1.25 bits per heavy atom. The van der Waals surface area contributed by atoms with E-state index in [1.165, 1.54) is 24.4 Å². The molecule has 154 valence electrons. The van der Waals surface area contributed by atoms with Crippen molar-refractivity contribution in [2.75, 3.05) is 23.9 Å². The Balaban J connectivity index is 1.67. The maximum Gasteiger partial charge on any atom is 0.303 e. The van der Waals surface area contributed by atoms with E-state index in [9.17, 15) is 15.0 Å². The number of nitrogens with zero attached hydrogens (tertiary/aromatic N) is 4. The molecule has 2 aromatic rings. The van der Waals surface area contributed by atoms with Gasteiger partial charge in [-0.25, -0.2) is 15.0 Å². The van der Waals surface area contributed by atoms with Gasteiger partial charge in [0.25, 0.3) is 0 Å². The summed E-state index contributed by atoms with van der Waals surface area (Å²) in [5, 5.41) is 32.4. The van der Waals surface area contributed by atoms with Crippen LogP contribution in [0, 0.1) is 0 Å². The van der Waals surface area contributed by atoms with Crippen molar-refractivity contribution in [1.29, 1.82) is 0 Å². The molecule has 0 aliphatic carbocycles. The summed E-state index contributed by atoms with van der Waals surface area (Å²) in [6.07, 6.45) is 4.00. The van der Waals surface area contributed by atoms with Gasteiger partial charge in [-0.15, -0.1) is 0 Å². The lowest BCUT2D eigenvalue weighted by molar-refractivity contribution is -0.137. The fourth-order valence-corrected chi connectivity index (χ4v) is 3.82. The predicted molar refractivity (Wildman–Crippen MR) is 104 cm³/mol. The highest BCUT2D eigenvalue weighted by atomic mass is 32.2. The van der Waals surface area contributed by atoms with E-state index < -0.39 is 30.5 Å². The van der Waals surface area contributed by atoms with Crippen LogP contribution in [0.1, 0.15) is 31.9 Å². The molecule has 0 aromatic carbocycles. The molecule has 11 heteroatoms. The maximum absolute atomic E-state index is 10.5. The molecule has 1 saturated heterocycles. The number of thioether (sulfide) groups is 1. The number of hydrogen-bond donors (Lipinski definition) is 4. The van der Waals surface area contributed by atoms with Crippen molar-refractivity contribution in [3.05, 3.63) is 12.7 Å². The summed E-state index contributed by atoms with van der Waals surface area (Å²) in [5.74, 6) is 0.360. The van der Waals surface area contributed by atoms with Gasteiger partial charge in [0.15, 0.2) is 23.2 Å². The lowest BCUT2D eigenvalue weighted by atomic mass is 10.1. The van der Waals surface area contributed by atoms with Crippen molar-refractivity contribution in [2.24, 2.45) is 0 Å². The van der Waals surface area contributed by atoms with E-state index in [4.69, 9.17) is 9.84 Å². The Morgan fingerprint density at radius 2 is 2.07 bits per heavy atom. The Hall–Kier alpha value is -1.95. The molecule has 0 saturated carbocycles. The van der Waals surface area contributed by atoms with Gasteiger partial charge in [0.1, 0.15) is 18.5 Å². The number of rotatable bonds is 10. The van der Waals surface area contributed by atoms with E-state index in [-0.39, 0.29) is 6.42 Å². The summed E-state index contributed by atoms with van der Waals surface area (Å²) in [5.41, 5.74) is 1.05. The fraction of sp³-hybridized carbons (Fsp3) is 0.647. The molecule has 0 bridgehead atoms. The smallest absolute Gasteiger partial charge is 0.303 e. The van der Waals surface area contributed by atoms with E-state index in [1.54, 1.807) is 4.57 Å². The Morgan fingerprint density at radius 3 is 2.82 bits per heavy atom. The van der Waals surface area contributed by atoms with Crippen molar-refractivity contribution in [2.45, 2.75) is 50.2 Å². The second-order valence-electron chi connectivity index (χ2n) is 6.68. The molecule has 1 aliphatic rings. The largest absolute Gasteiger partial charge is 0.481 e. The molecule has 0 spiro atoms. The summed E-state index contributed by atoms with van der Waals surface area (Å²) in [7, 11) is 0. The normalized spacial score (nSPS) is 24.7. The first-order valence-corrected chi connectivity index (χ1v) is 10.6. The molecule has 4 atom stereocenters. The van der Waals surface area contributed by atoms with E-state index in [0.717, 1.165) is 12.8 Å². The average molecular weight is 411 g/mol. The molecule has 1 aliphatic heterocycles. The van der Waals surface area contributed by atoms with E-state index in [2.05, 4.69) is 20.3 Å². The van der Waals surface area contributed by atoms with Crippen LogP contribution in [-0.2, 0) is 9.53 Å².